The van der Waals surface area contributed by atoms with Gasteiger partial charge in [-0.15, -0.1) is 0 Å². The van der Waals surface area contributed by atoms with Crippen LogP contribution in [0.15, 0.2) is 30.3 Å². The third kappa shape index (κ3) is 3.60. The first-order valence-electron chi connectivity index (χ1n) is 11.0. The lowest BCUT2D eigenvalue weighted by molar-refractivity contribution is 0.631. The molecule has 0 aliphatic rings. The minimum Gasteiger partial charge on any atom is -0.355 e. The molecule has 2 nitrogen and oxygen atoms in total. The number of nitrogens with one attached hydrogen (secondary N) is 1. The van der Waals surface area contributed by atoms with Crippen LogP contribution in [0, 0.1) is 34.6 Å². The van der Waals surface area contributed by atoms with E-state index in [1.165, 1.54) is 4.48 Å². The van der Waals surface area contributed by atoms with Gasteiger partial charge in [-0.05, 0) is 99.2 Å². The number of H-pyrrole nitrogens is 1. The minimum absolute atomic E-state index is 0.513. The molecule has 0 amide bonds. The first-order chi connectivity index (χ1) is 15.1. The van der Waals surface area contributed by atoms with Gasteiger partial charge in [0.15, 0.2) is 0 Å². The van der Waals surface area contributed by atoms with Crippen LogP contribution in [0.5, 0.6) is 0 Å². The summed E-state index contributed by atoms with van der Waals surface area (Å²) in [5, 5.41) is 3.36. The summed E-state index contributed by atoms with van der Waals surface area (Å²) >= 11 is 0. The number of benzene rings is 2. The molecule has 4 rings (SSSR count). The molecule has 4 aromatic rings. The molecule has 0 aliphatic carbocycles. The Kier molecular flexibility index (Phi) is 5.62. The molecule has 0 saturated heterocycles. The maximum atomic E-state index is 14.7. The van der Waals surface area contributed by atoms with Gasteiger partial charge >= 0.3 is 7.40 Å². The van der Waals surface area contributed by atoms with Gasteiger partial charge in [-0.2, -0.15) is 0 Å². The number of aromatic nitrogens is 2. The van der Waals surface area contributed by atoms with Gasteiger partial charge in [0.05, 0.1) is 0 Å². The number of hydrogen-bond donors (Lipinski definition) is 1. The molecule has 0 bridgehead atoms. The molecule has 0 radical (unpaired) electrons. The van der Waals surface area contributed by atoms with Gasteiger partial charge < -0.3 is 9.46 Å². The van der Waals surface area contributed by atoms with E-state index in [4.69, 9.17) is 0 Å². The van der Waals surface area contributed by atoms with Crippen molar-refractivity contribution in [3.8, 4) is 11.3 Å². The van der Waals surface area contributed by atoms with Crippen LogP contribution < -0.4 is 10.7 Å². The molecule has 2 aromatic carbocycles. The van der Waals surface area contributed by atoms with Crippen LogP contribution in [0.2, 0.25) is 0 Å². The van der Waals surface area contributed by atoms with E-state index in [-0.39, 0.29) is 0 Å². The molecular formula is C27H29BF2N2. The van der Waals surface area contributed by atoms with E-state index in [1.54, 1.807) is 0 Å². The molecular weight excluding hydrogens is 401 g/mol. The summed E-state index contributed by atoms with van der Waals surface area (Å²) in [6.07, 6.45) is 2.70. The van der Waals surface area contributed by atoms with Crippen molar-refractivity contribution in [2.45, 2.75) is 48.0 Å². The highest BCUT2D eigenvalue weighted by Crippen LogP contribution is 2.37. The van der Waals surface area contributed by atoms with E-state index in [1.807, 2.05) is 65.0 Å². The number of hydrogen-bond acceptors (Lipinski definition) is 0. The topological polar surface area (TPSA) is 20.7 Å². The predicted molar refractivity (Wildman–Crippen MR) is 133 cm³/mol. The predicted octanol–water partition coefficient (Wildman–Crippen LogP) is 5.75. The van der Waals surface area contributed by atoms with Gasteiger partial charge in [0, 0.05) is 32.9 Å². The molecule has 2 heterocycles. The molecule has 2 aromatic heterocycles. The van der Waals surface area contributed by atoms with Crippen molar-refractivity contribution in [2.24, 2.45) is 0 Å². The Balaban J connectivity index is 2.19. The fourth-order valence-electron chi connectivity index (χ4n) is 4.84. The first kappa shape index (κ1) is 22.1. The average Bonchev–Trinajstić information content (AvgIpc) is 3.15. The van der Waals surface area contributed by atoms with E-state index in [2.05, 4.69) is 24.6 Å². The molecule has 164 valence electrons. The third-order valence-electron chi connectivity index (χ3n) is 6.50. The number of nitrogens with zero attached hydrogens (tertiary/aromatic N) is 1. The highest BCUT2D eigenvalue weighted by Gasteiger charge is 2.28. The van der Waals surface area contributed by atoms with Gasteiger partial charge in [0.25, 0.3) is 0 Å². The van der Waals surface area contributed by atoms with Crippen molar-refractivity contribution in [3.63, 3.8) is 0 Å². The standard InChI is InChI=1S/C27H29BF2N2/c1-8-22-19(6)25(31-20(22)7)14-26-23-12-17(4)18(5)13-24(23)27(32(26)28(29)30)21-10-15(2)9-16(3)11-21/h9-14,31H,7-8H2,1-6H3. The van der Waals surface area contributed by atoms with Crippen molar-refractivity contribution < 1.29 is 8.63 Å². The lowest BCUT2D eigenvalue weighted by atomic mass is 9.98. The monoisotopic (exact) mass is 430 g/mol. The number of aromatic amines is 1. The molecule has 0 unspecified atom stereocenters. The largest absolute Gasteiger partial charge is 0.678 e. The molecule has 0 spiro atoms. The highest BCUT2D eigenvalue weighted by atomic mass is 19.2. The van der Waals surface area contributed by atoms with Gasteiger partial charge in [-0.1, -0.05) is 30.7 Å². The summed E-state index contributed by atoms with van der Waals surface area (Å²) in [4.78, 5) is 3.31. The Labute approximate surface area is 188 Å². The van der Waals surface area contributed by atoms with Crippen molar-refractivity contribution in [2.75, 3.05) is 0 Å². The third-order valence-corrected chi connectivity index (χ3v) is 6.50. The summed E-state index contributed by atoms with van der Waals surface area (Å²) in [5.74, 6) is 0. The molecule has 1 N–H and O–H groups in total. The smallest absolute Gasteiger partial charge is 0.355 e. The number of aryl methyl sites for hydroxylation is 4. The molecule has 0 atom stereocenters. The molecule has 0 fully saturated rings. The van der Waals surface area contributed by atoms with Crippen LogP contribution >= 0.6 is 0 Å². The van der Waals surface area contributed by atoms with Gasteiger partial charge in [-0.3, -0.25) is 8.63 Å². The zero-order valence-electron chi connectivity index (χ0n) is 19.7. The number of halogens is 2. The van der Waals surface area contributed by atoms with Gasteiger partial charge in [0.2, 0.25) is 0 Å². The summed E-state index contributed by atoms with van der Waals surface area (Å²) < 4.78 is 30.6. The summed E-state index contributed by atoms with van der Waals surface area (Å²) in [5.41, 5.74) is 8.36. The van der Waals surface area contributed by atoms with E-state index in [0.29, 0.717) is 11.4 Å². The molecule has 0 saturated carbocycles. The fraction of sp³-hybridized carbons (Fsp3) is 0.259. The summed E-state index contributed by atoms with van der Waals surface area (Å²) in [7, 11) is -2.68. The van der Waals surface area contributed by atoms with E-state index < -0.39 is 7.40 Å². The van der Waals surface area contributed by atoms with Crippen molar-refractivity contribution in [3.05, 3.63) is 80.1 Å². The Hall–Kier alpha value is -3.08. The number of fused-ring (bicyclic) bond motifs is 1. The van der Waals surface area contributed by atoms with Crippen molar-refractivity contribution in [1.29, 1.82) is 0 Å². The van der Waals surface area contributed by atoms with Crippen molar-refractivity contribution in [1.82, 2.24) is 9.46 Å². The Bertz CT molecular complexity index is 1440. The highest BCUT2D eigenvalue weighted by molar-refractivity contribution is 6.43. The Morgan fingerprint density at radius 1 is 0.938 bits per heavy atom. The van der Waals surface area contributed by atoms with Crippen LogP contribution in [0.1, 0.15) is 46.0 Å². The average molecular weight is 430 g/mol. The fourth-order valence-corrected chi connectivity index (χ4v) is 4.84. The molecule has 32 heavy (non-hydrogen) atoms. The maximum Gasteiger partial charge on any atom is 0.678 e. The Morgan fingerprint density at radius 2 is 1.53 bits per heavy atom. The van der Waals surface area contributed by atoms with Crippen LogP contribution in [-0.4, -0.2) is 16.9 Å². The van der Waals surface area contributed by atoms with E-state index in [9.17, 15) is 8.63 Å². The zero-order chi connectivity index (χ0) is 23.3. The van der Waals surface area contributed by atoms with Gasteiger partial charge in [0.1, 0.15) is 0 Å². The SMILES string of the molecule is C=c1[nH]c(=Cc2c3cc(C)c(C)cc3c(-c3cc(C)cc(C)c3)n2B(F)F)c(C)c1CC. The van der Waals surface area contributed by atoms with Crippen LogP contribution in [-0.2, 0) is 6.42 Å². The lowest BCUT2D eigenvalue weighted by Gasteiger charge is -2.11. The van der Waals surface area contributed by atoms with E-state index >= 15 is 0 Å². The van der Waals surface area contributed by atoms with Crippen LogP contribution in [0.4, 0.5) is 8.63 Å². The van der Waals surface area contributed by atoms with E-state index in [0.717, 1.165) is 66.8 Å². The second kappa shape index (κ2) is 8.12. The minimum atomic E-state index is -2.68. The molecule has 5 heteroatoms. The van der Waals surface area contributed by atoms with Crippen LogP contribution in [0.25, 0.3) is 34.7 Å². The van der Waals surface area contributed by atoms with Gasteiger partial charge in [-0.25, -0.2) is 0 Å². The lowest BCUT2D eigenvalue weighted by Crippen LogP contribution is -2.18. The molecule has 0 aliphatic heterocycles. The maximum absolute atomic E-state index is 14.7. The summed E-state index contributed by atoms with van der Waals surface area (Å²) in [6.45, 7) is 16.3. The second-order valence-electron chi connectivity index (χ2n) is 8.86. The van der Waals surface area contributed by atoms with Crippen LogP contribution in [0.3, 0.4) is 0 Å². The first-order valence-corrected chi connectivity index (χ1v) is 11.0. The number of rotatable bonds is 4. The normalized spacial score (nSPS) is 12.2. The zero-order valence-corrected chi connectivity index (χ0v) is 19.7. The Morgan fingerprint density at radius 3 is 2.06 bits per heavy atom. The second-order valence-corrected chi connectivity index (χ2v) is 8.86. The quantitative estimate of drug-likeness (QED) is 0.398. The summed E-state index contributed by atoms with van der Waals surface area (Å²) in [6, 6.07) is 10.1. The van der Waals surface area contributed by atoms with Crippen molar-refractivity contribution >= 4 is 30.8 Å².